The van der Waals surface area contributed by atoms with Gasteiger partial charge in [-0.15, -0.1) is 0 Å². The Labute approximate surface area is 120 Å². The molecule has 0 N–H and O–H groups in total. The fourth-order valence-corrected chi connectivity index (χ4v) is 3.71. The van der Waals surface area contributed by atoms with E-state index in [1.807, 2.05) is 0 Å². The Morgan fingerprint density at radius 1 is 0.850 bits per heavy atom. The monoisotopic (exact) mass is 264 g/mol. The average Bonchev–Trinajstić information content (AvgIpc) is 3.41. The van der Waals surface area contributed by atoms with Gasteiger partial charge in [-0.2, -0.15) is 0 Å². The number of hydrogen-bond acceptors (Lipinski definition) is 1. The second kappa shape index (κ2) is 4.46. The Hall–Kier alpha value is -1.60. The van der Waals surface area contributed by atoms with E-state index in [2.05, 4.69) is 60.7 Å². The highest BCUT2D eigenvalue weighted by Gasteiger charge is 2.74. The van der Waals surface area contributed by atoms with Gasteiger partial charge < -0.3 is 4.74 Å². The molecule has 20 heavy (non-hydrogen) atoms. The summed E-state index contributed by atoms with van der Waals surface area (Å²) >= 11 is 0. The molecule has 0 saturated heterocycles. The van der Waals surface area contributed by atoms with Crippen LogP contribution in [0.5, 0.6) is 0 Å². The molecule has 2 aliphatic rings. The first-order chi connectivity index (χ1) is 9.85. The normalized spacial score (nSPS) is 25.6. The van der Waals surface area contributed by atoms with Crippen molar-refractivity contribution in [3.63, 3.8) is 0 Å². The highest BCUT2D eigenvalue weighted by Crippen LogP contribution is 2.78. The Kier molecular flexibility index (Phi) is 2.71. The van der Waals surface area contributed by atoms with Crippen LogP contribution in [0.1, 0.15) is 30.4 Å². The van der Waals surface area contributed by atoms with Gasteiger partial charge in [-0.1, -0.05) is 60.7 Å². The van der Waals surface area contributed by atoms with E-state index in [0.717, 1.165) is 13.2 Å². The molecule has 0 radical (unpaired) electrons. The summed E-state index contributed by atoms with van der Waals surface area (Å²) in [6.45, 7) is 1.59. The minimum atomic E-state index is 0.309. The average molecular weight is 264 g/mol. The third-order valence-corrected chi connectivity index (χ3v) is 5.17. The third kappa shape index (κ3) is 1.89. The van der Waals surface area contributed by atoms with Crippen LogP contribution in [-0.4, -0.2) is 6.61 Å². The summed E-state index contributed by atoms with van der Waals surface area (Å²) in [4.78, 5) is 0. The van der Waals surface area contributed by atoms with E-state index in [4.69, 9.17) is 4.74 Å². The lowest BCUT2D eigenvalue weighted by atomic mass is 9.93. The smallest absolute Gasteiger partial charge is 0.0717 e. The van der Waals surface area contributed by atoms with Crippen molar-refractivity contribution in [2.24, 2.45) is 5.41 Å². The van der Waals surface area contributed by atoms with E-state index < -0.39 is 0 Å². The van der Waals surface area contributed by atoms with E-state index in [9.17, 15) is 0 Å². The molecule has 1 atom stereocenters. The molecule has 0 amide bonds. The lowest BCUT2D eigenvalue weighted by molar-refractivity contribution is 0.0948. The molecule has 2 saturated carbocycles. The maximum absolute atomic E-state index is 6.08. The van der Waals surface area contributed by atoms with Crippen molar-refractivity contribution in [1.82, 2.24) is 0 Å². The standard InChI is InChI=1S/C19H20O/c1-3-7-16(8-4-1)13-20-15-19(14-18(19)11-12-18)17-9-5-2-6-10-17/h1-10H,11-15H2. The van der Waals surface area contributed by atoms with E-state index in [0.29, 0.717) is 10.8 Å². The van der Waals surface area contributed by atoms with Gasteiger partial charge in [0.05, 0.1) is 13.2 Å². The Morgan fingerprint density at radius 3 is 2.10 bits per heavy atom. The summed E-state index contributed by atoms with van der Waals surface area (Å²) in [5.74, 6) is 0. The zero-order valence-corrected chi connectivity index (χ0v) is 11.7. The van der Waals surface area contributed by atoms with Crippen LogP contribution < -0.4 is 0 Å². The zero-order valence-electron chi connectivity index (χ0n) is 11.7. The van der Waals surface area contributed by atoms with Crippen LogP contribution in [0.3, 0.4) is 0 Å². The van der Waals surface area contributed by atoms with Crippen molar-refractivity contribution < 1.29 is 4.74 Å². The summed E-state index contributed by atoms with van der Waals surface area (Å²) in [7, 11) is 0. The minimum absolute atomic E-state index is 0.309. The molecule has 2 aromatic carbocycles. The topological polar surface area (TPSA) is 9.23 Å². The summed E-state index contributed by atoms with van der Waals surface area (Å²) in [6, 6.07) is 21.4. The van der Waals surface area contributed by atoms with Crippen LogP contribution in [0.2, 0.25) is 0 Å². The molecular formula is C19H20O. The predicted molar refractivity (Wildman–Crippen MR) is 80.5 cm³/mol. The van der Waals surface area contributed by atoms with Gasteiger partial charge in [0.2, 0.25) is 0 Å². The van der Waals surface area contributed by atoms with Gasteiger partial charge >= 0.3 is 0 Å². The summed E-state index contributed by atoms with van der Waals surface area (Å²) in [6.07, 6.45) is 4.09. The van der Waals surface area contributed by atoms with Crippen molar-refractivity contribution in [1.29, 1.82) is 0 Å². The molecule has 0 aliphatic heterocycles. The van der Waals surface area contributed by atoms with Gasteiger partial charge in [-0.05, 0) is 35.8 Å². The van der Waals surface area contributed by atoms with Gasteiger partial charge in [-0.3, -0.25) is 0 Å². The van der Waals surface area contributed by atoms with Crippen LogP contribution in [-0.2, 0) is 16.8 Å². The highest BCUT2D eigenvalue weighted by atomic mass is 16.5. The SMILES string of the molecule is c1ccc(COCC2(c3ccccc3)CC23CC3)cc1. The van der Waals surface area contributed by atoms with E-state index >= 15 is 0 Å². The van der Waals surface area contributed by atoms with Crippen LogP contribution >= 0.6 is 0 Å². The van der Waals surface area contributed by atoms with Crippen LogP contribution in [0.25, 0.3) is 0 Å². The maximum Gasteiger partial charge on any atom is 0.0717 e. The van der Waals surface area contributed by atoms with Gasteiger partial charge in [0.1, 0.15) is 0 Å². The summed E-state index contributed by atoms with van der Waals surface area (Å²) < 4.78 is 6.08. The molecule has 1 spiro atoms. The van der Waals surface area contributed by atoms with Gasteiger partial charge in [0, 0.05) is 5.41 Å². The third-order valence-electron chi connectivity index (χ3n) is 5.17. The predicted octanol–water partition coefficient (Wildman–Crippen LogP) is 4.33. The molecule has 0 aromatic heterocycles. The van der Waals surface area contributed by atoms with E-state index in [-0.39, 0.29) is 0 Å². The van der Waals surface area contributed by atoms with Crippen molar-refractivity contribution >= 4 is 0 Å². The van der Waals surface area contributed by atoms with Gasteiger partial charge in [-0.25, -0.2) is 0 Å². The molecule has 0 heterocycles. The fraction of sp³-hybridized carbons (Fsp3) is 0.368. The summed E-state index contributed by atoms with van der Waals surface area (Å²) in [5, 5.41) is 0. The van der Waals surface area contributed by atoms with Crippen molar-refractivity contribution in [2.45, 2.75) is 31.3 Å². The van der Waals surface area contributed by atoms with Crippen molar-refractivity contribution in [2.75, 3.05) is 6.61 Å². The number of hydrogen-bond donors (Lipinski definition) is 0. The first-order valence-corrected chi connectivity index (χ1v) is 7.52. The number of ether oxygens (including phenoxy) is 1. The largest absolute Gasteiger partial charge is 0.376 e. The van der Waals surface area contributed by atoms with E-state index in [1.54, 1.807) is 0 Å². The molecule has 2 aliphatic carbocycles. The van der Waals surface area contributed by atoms with Crippen molar-refractivity contribution in [3.05, 3.63) is 71.8 Å². The van der Waals surface area contributed by atoms with Gasteiger partial charge in [0.15, 0.2) is 0 Å². The van der Waals surface area contributed by atoms with Crippen LogP contribution in [0.15, 0.2) is 60.7 Å². The highest BCUT2D eigenvalue weighted by molar-refractivity contribution is 5.42. The lowest BCUT2D eigenvalue weighted by Crippen LogP contribution is -2.18. The second-order valence-corrected chi connectivity index (χ2v) is 6.38. The second-order valence-electron chi connectivity index (χ2n) is 6.38. The Morgan fingerprint density at radius 2 is 1.50 bits per heavy atom. The molecule has 4 rings (SSSR count). The van der Waals surface area contributed by atoms with E-state index in [1.165, 1.54) is 30.4 Å². The quantitative estimate of drug-likeness (QED) is 0.781. The minimum Gasteiger partial charge on any atom is -0.376 e. The first kappa shape index (κ1) is 12.2. The molecule has 1 nitrogen and oxygen atoms in total. The molecule has 1 heteroatoms. The molecular weight excluding hydrogens is 244 g/mol. The lowest BCUT2D eigenvalue weighted by Gasteiger charge is -2.18. The molecule has 2 aromatic rings. The Bertz CT molecular complexity index is 586. The zero-order chi connectivity index (χ0) is 13.5. The maximum atomic E-state index is 6.08. The van der Waals surface area contributed by atoms with Crippen LogP contribution in [0, 0.1) is 5.41 Å². The van der Waals surface area contributed by atoms with Gasteiger partial charge in [0.25, 0.3) is 0 Å². The van der Waals surface area contributed by atoms with Crippen molar-refractivity contribution in [3.8, 4) is 0 Å². The Balaban J connectivity index is 1.46. The molecule has 2 fully saturated rings. The van der Waals surface area contributed by atoms with Crippen LogP contribution in [0.4, 0.5) is 0 Å². The molecule has 1 unspecified atom stereocenters. The first-order valence-electron chi connectivity index (χ1n) is 7.52. The number of rotatable bonds is 5. The number of benzene rings is 2. The molecule has 102 valence electrons. The molecule has 0 bridgehead atoms. The fourth-order valence-electron chi connectivity index (χ4n) is 3.71. The summed E-state index contributed by atoms with van der Waals surface area (Å²) in [5.41, 5.74) is 3.64.